The maximum atomic E-state index is 11.6. The summed E-state index contributed by atoms with van der Waals surface area (Å²) in [6.45, 7) is 7.50. The molecule has 0 fully saturated rings. The molecule has 5 heteroatoms. The summed E-state index contributed by atoms with van der Waals surface area (Å²) >= 11 is 3.47. The Balaban J connectivity index is 2.98. The van der Waals surface area contributed by atoms with Crippen LogP contribution in [0.4, 0.5) is 0 Å². The van der Waals surface area contributed by atoms with Crippen LogP contribution in [0.15, 0.2) is 16.6 Å². The number of benzene rings is 1. The molecule has 0 spiro atoms. The maximum Gasteiger partial charge on any atom is 0.224 e. The van der Waals surface area contributed by atoms with E-state index in [9.17, 15) is 4.79 Å². The van der Waals surface area contributed by atoms with E-state index in [1.54, 1.807) is 0 Å². The lowest BCUT2D eigenvalue weighted by Gasteiger charge is -2.14. The minimum absolute atomic E-state index is 0.00481. The zero-order valence-corrected chi connectivity index (χ0v) is 13.2. The molecule has 0 heterocycles. The Bertz CT molecular complexity index is 435. The zero-order valence-electron chi connectivity index (χ0n) is 11.6. The molecular formula is C14H20BrNO3. The van der Waals surface area contributed by atoms with E-state index < -0.39 is 0 Å². The topological polar surface area (TPSA) is 47.6 Å². The highest BCUT2D eigenvalue weighted by Gasteiger charge is 2.13. The summed E-state index contributed by atoms with van der Waals surface area (Å²) in [6.07, 6.45) is 0.320. The standard InChI is InChI=1S/C14H20BrNO3/c1-4-16-14(17)8-10-7-12(18-5-2)13(19-6-3)9-11(10)15/h7,9H,4-6,8H2,1-3H3,(H,16,17). The molecule has 19 heavy (non-hydrogen) atoms. The number of carbonyl (C=O) groups excluding carboxylic acids is 1. The number of halogens is 1. The third kappa shape index (κ3) is 4.74. The summed E-state index contributed by atoms with van der Waals surface area (Å²) in [5, 5.41) is 2.78. The molecule has 4 nitrogen and oxygen atoms in total. The molecule has 0 saturated carbocycles. The summed E-state index contributed by atoms with van der Waals surface area (Å²) in [6, 6.07) is 3.71. The van der Waals surface area contributed by atoms with Gasteiger partial charge in [0.25, 0.3) is 0 Å². The van der Waals surface area contributed by atoms with Crippen LogP contribution in [0.2, 0.25) is 0 Å². The van der Waals surface area contributed by atoms with Gasteiger partial charge in [0.15, 0.2) is 11.5 Å². The molecule has 1 rings (SSSR count). The van der Waals surface area contributed by atoms with Crippen molar-refractivity contribution in [2.75, 3.05) is 19.8 Å². The molecule has 1 amide bonds. The first-order chi connectivity index (χ1) is 9.12. The highest BCUT2D eigenvalue weighted by Crippen LogP contribution is 2.34. The Morgan fingerprint density at radius 1 is 1.16 bits per heavy atom. The Hall–Kier alpha value is -1.23. The zero-order chi connectivity index (χ0) is 14.3. The van der Waals surface area contributed by atoms with Gasteiger partial charge < -0.3 is 14.8 Å². The van der Waals surface area contributed by atoms with Crippen LogP contribution in [0.5, 0.6) is 11.5 Å². The van der Waals surface area contributed by atoms with E-state index in [1.807, 2.05) is 32.9 Å². The highest BCUT2D eigenvalue weighted by atomic mass is 79.9. The van der Waals surface area contributed by atoms with Crippen LogP contribution in [0.1, 0.15) is 26.3 Å². The number of hydrogen-bond acceptors (Lipinski definition) is 3. The van der Waals surface area contributed by atoms with E-state index in [0.29, 0.717) is 37.7 Å². The first-order valence-electron chi connectivity index (χ1n) is 6.47. The number of likely N-dealkylation sites (N-methyl/N-ethyl adjacent to an activating group) is 1. The second kappa shape index (κ2) is 8.04. The van der Waals surface area contributed by atoms with Crippen LogP contribution in [0, 0.1) is 0 Å². The number of ether oxygens (including phenoxy) is 2. The molecule has 1 aromatic carbocycles. The van der Waals surface area contributed by atoms with Crippen LogP contribution < -0.4 is 14.8 Å². The Morgan fingerprint density at radius 3 is 2.26 bits per heavy atom. The second-order valence-corrected chi connectivity index (χ2v) is 4.74. The van der Waals surface area contributed by atoms with Crippen molar-refractivity contribution < 1.29 is 14.3 Å². The van der Waals surface area contributed by atoms with E-state index in [2.05, 4.69) is 21.2 Å². The van der Waals surface area contributed by atoms with E-state index >= 15 is 0 Å². The minimum Gasteiger partial charge on any atom is -0.490 e. The number of rotatable bonds is 7. The van der Waals surface area contributed by atoms with E-state index in [-0.39, 0.29) is 5.91 Å². The number of hydrogen-bond donors (Lipinski definition) is 1. The fraction of sp³-hybridized carbons (Fsp3) is 0.500. The minimum atomic E-state index is -0.00481. The molecule has 0 saturated heterocycles. The van der Waals surface area contributed by atoms with Gasteiger partial charge in [0.1, 0.15) is 0 Å². The van der Waals surface area contributed by atoms with Crippen molar-refractivity contribution in [3.05, 3.63) is 22.2 Å². The molecule has 1 aromatic rings. The fourth-order valence-electron chi connectivity index (χ4n) is 1.68. The van der Waals surface area contributed by atoms with Gasteiger partial charge in [-0.25, -0.2) is 0 Å². The quantitative estimate of drug-likeness (QED) is 0.836. The van der Waals surface area contributed by atoms with Crippen molar-refractivity contribution >= 4 is 21.8 Å². The van der Waals surface area contributed by atoms with Crippen LogP contribution >= 0.6 is 15.9 Å². The van der Waals surface area contributed by atoms with Gasteiger partial charge in [-0.2, -0.15) is 0 Å². The lowest BCUT2D eigenvalue weighted by molar-refractivity contribution is -0.120. The van der Waals surface area contributed by atoms with Gasteiger partial charge in [0.05, 0.1) is 19.6 Å². The Morgan fingerprint density at radius 2 is 1.74 bits per heavy atom. The van der Waals surface area contributed by atoms with E-state index in [0.717, 1.165) is 10.0 Å². The van der Waals surface area contributed by atoms with Crippen molar-refractivity contribution in [2.24, 2.45) is 0 Å². The summed E-state index contributed by atoms with van der Waals surface area (Å²) < 4.78 is 11.9. The molecule has 0 radical (unpaired) electrons. The maximum absolute atomic E-state index is 11.6. The first kappa shape index (κ1) is 15.8. The molecule has 0 atom stereocenters. The molecule has 0 aliphatic rings. The van der Waals surface area contributed by atoms with Gasteiger partial charge in [-0.3, -0.25) is 4.79 Å². The van der Waals surface area contributed by atoms with E-state index in [4.69, 9.17) is 9.47 Å². The summed E-state index contributed by atoms with van der Waals surface area (Å²) in [5.74, 6) is 1.36. The fourth-order valence-corrected chi connectivity index (χ4v) is 2.14. The van der Waals surface area contributed by atoms with Crippen molar-refractivity contribution in [3.63, 3.8) is 0 Å². The third-order valence-corrected chi connectivity index (χ3v) is 3.18. The average molecular weight is 330 g/mol. The molecule has 0 aliphatic carbocycles. The second-order valence-electron chi connectivity index (χ2n) is 3.89. The van der Waals surface area contributed by atoms with Crippen molar-refractivity contribution in [2.45, 2.75) is 27.2 Å². The number of nitrogens with one attached hydrogen (secondary N) is 1. The van der Waals surface area contributed by atoms with Gasteiger partial charge in [0, 0.05) is 11.0 Å². The molecule has 0 unspecified atom stereocenters. The first-order valence-corrected chi connectivity index (χ1v) is 7.26. The lowest BCUT2D eigenvalue weighted by Crippen LogP contribution is -2.24. The third-order valence-electron chi connectivity index (χ3n) is 2.44. The molecule has 106 valence electrons. The molecule has 1 N–H and O–H groups in total. The van der Waals surface area contributed by atoms with Crippen molar-refractivity contribution in [1.29, 1.82) is 0 Å². The Kier molecular flexibility index (Phi) is 6.70. The Labute approximate surface area is 122 Å². The van der Waals surface area contributed by atoms with Crippen LogP contribution in [-0.4, -0.2) is 25.7 Å². The SMILES string of the molecule is CCNC(=O)Cc1cc(OCC)c(OCC)cc1Br. The summed E-state index contributed by atoms with van der Waals surface area (Å²) in [4.78, 5) is 11.6. The predicted octanol–water partition coefficient (Wildman–Crippen LogP) is 2.93. The molecular weight excluding hydrogens is 310 g/mol. The van der Waals surface area contributed by atoms with Gasteiger partial charge in [0.2, 0.25) is 5.91 Å². The number of carbonyl (C=O) groups is 1. The number of amides is 1. The van der Waals surface area contributed by atoms with Gasteiger partial charge in [-0.05, 0) is 38.5 Å². The largest absolute Gasteiger partial charge is 0.490 e. The average Bonchev–Trinajstić information content (AvgIpc) is 2.35. The van der Waals surface area contributed by atoms with Gasteiger partial charge >= 0.3 is 0 Å². The monoisotopic (exact) mass is 329 g/mol. The van der Waals surface area contributed by atoms with Crippen LogP contribution in [0.3, 0.4) is 0 Å². The summed E-state index contributed by atoms with van der Waals surface area (Å²) in [7, 11) is 0. The highest BCUT2D eigenvalue weighted by molar-refractivity contribution is 9.10. The van der Waals surface area contributed by atoms with Gasteiger partial charge in [-0.1, -0.05) is 15.9 Å². The van der Waals surface area contributed by atoms with Crippen molar-refractivity contribution in [1.82, 2.24) is 5.32 Å². The van der Waals surface area contributed by atoms with Crippen LogP contribution in [-0.2, 0) is 11.2 Å². The summed E-state index contributed by atoms with van der Waals surface area (Å²) in [5.41, 5.74) is 0.887. The molecule has 0 aromatic heterocycles. The van der Waals surface area contributed by atoms with Crippen LogP contribution in [0.25, 0.3) is 0 Å². The lowest BCUT2D eigenvalue weighted by atomic mass is 10.1. The molecule has 0 bridgehead atoms. The van der Waals surface area contributed by atoms with E-state index in [1.165, 1.54) is 0 Å². The normalized spacial score (nSPS) is 10.1. The molecule has 0 aliphatic heterocycles. The smallest absolute Gasteiger partial charge is 0.224 e. The van der Waals surface area contributed by atoms with Crippen molar-refractivity contribution in [3.8, 4) is 11.5 Å². The van der Waals surface area contributed by atoms with Gasteiger partial charge in [-0.15, -0.1) is 0 Å². The predicted molar refractivity (Wildman–Crippen MR) is 78.9 cm³/mol.